The molecule has 0 aliphatic carbocycles. The number of non-ortho nitro benzene ring substituents is 1. The SMILES string of the molecule is O=C1CC(CNS(=O)(=O)c2ccc([N+](=O)[O-])cc2)CN1Cc1ccc(F)cc1. The average Bonchev–Trinajstić information content (AvgIpc) is 3.02. The molecule has 1 atom stereocenters. The molecule has 1 amide bonds. The number of carbonyl (C=O) groups is 1. The van der Waals surface area contributed by atoms with Crippen LogP contribution in [0.4, 0.5) is 10.1 Å². The zero-order valence-corrected chi connectivity index (χ0v) is 15.6. The monoisotopic (exact) mass is 407 g/mol. The van der Waals surface area contributed by atoms with Crippen LogP contribution in [0.3, 0.4) is 0 Å². The minimum Gasteiger partial charge on any atom is -0.338 e. The topological polar surface area (TPSA) is 110 Å². The number of halogens is 1. The van der Waals surface area contributed by atoms with Crippen LogP contribution in [0.5, 0.6) is 0 Å². The molecule has 148 valence electrons. The summed E-state index contributed by atoms with van der Waals surface area (Å²) in [6, 6.07) is 10.4. The lowest BCUT2D eigenvalue weighted by atomic mass is 10.1. The highest BCUT2D eigenvalue weighted by Crippen LogP contribution is 2.21. The van der Waals surface area contributed by atoms with Gasteiger partial charge in [-0.05, 0) is 35.7 Å². The maximum Gasteiger partial charge on any atom is 0.269 e. The first kappa shape index (κ1) is 19.9. The third kappa shape index (κ3) is 4.70. The number of carbonyl (C=O) groups excluding carboxylic acids is 1. The fourth-order valence-electron chi connectivity index (χ4n) is 3.01. The van der Waals surface area contributed by atoms with Crippen molar-refractivity contribution < 1.29 is 22.5 Å². The Balaban J connectivity index is 1.57. The lowest BCUT2D eigenvalue weighted by molar-refractivity contribution is -0.384. The summed E-state index contributed by atoms with van der Waals surface area (Å²) in [5.41, 5.74) is 0.596. The van der Waals surface area contributed by atoms with Gasteiger partial charge in [0.05, 0.1) is 9.82 Å². The summed E-state index contributed by atoms with van der Waals surface area (Å²) >= 11 is 0. The fraction of sp³-hybridized carbons (Fsp3) is 0.278. The quantitative estimate of drug-likeness (QED) is 0.558. The molecule has 0 radical (unpaired) electrons. The van der Waals surface area contributed by atoms with Crippen LogP contribution in [-0.2, 0) is 21.4 Å². The smallest absolute Gasteiger partial charge is 0.269 e. The lowest BCUT2D eigenvalue weighted by Gasteiger charge is -2.17. The van der Waals surface area contributed by atoms with E-state index >= 15 is 0 Å². The van der Waals surface area contributed by atoms with Crippen molar-refractivity contribution in [3.63, 3.8) is 0 Å². The van der Waals surface area contributed by atoms with E-state index in [0.29, 0.717) is 13.1 Å². The normalized spacial score (nSPS) is 17.1. The molecule has 3 rings (SSSR count). The van der Waals surface area contributed by atoms with Crippen LogP contribution in [0.2, 0.25) is 0 Å². The predicted octanol–water partition coefficient (Wildman–Crippen LogP) is 2.06. The van der Waals surface area contributed by atoms with Crippen molar-refractivity contribution in [3.8, 4) is 0 Å². The minimum absolute atomic E-state index is 0.0744. The summed E-state index contributed by atoms with van der Waals surface area (Å²) in [6.07, 6.45) is 0.212. The van der Waals surface area contributed by atoms with Gasteiger partial charge in [-0.2, -0.15) is 0 Å². The number of amides is 1. The number of likely N-dealkylation sites (tertiary alicyclic amines) is 1. The number of benzene rings is 2. The van der Waals surface area contributed by atoms with E-state index in [-0.39, 0.29) is 41.2 Å². The number of hydrogen-bond acceptors (Lipinski definition) is 5. The molecular formula is C18H18FN3O5S. The highest BCUT2D eigenvalue weighted by molar-refractivity contribution is 7.89. The molecule has 1 unspecified atom stereocenters. The predicted molar refractivity (Wildman–Crippen MR) is 98.2 cm³/mol. The van der Waals surface area contributed by atoms with Gasteiger partial charge in [0.15, 0.2) is 0 Å². The molecule has 2 aromatic carbocycles. The van der Waals surface area contributed by atoms with Crippen LogP contribution < -0.4 is 4.72 Å². The van der Waals surface area contributed by atoms with Crippen molar-refractivity contribution in [2.24, 2.45) is 5.92 Å². The van der Waals surface area contributed by atoms with Gasteiger partial charge in [0.25, 0.3) is 5.69 Å². The van der Waals surface area contributed by atoms with Crippen molar-refractivity contribution in [1.29, 1.82) is 0 Å². The van der Waals surface area contributed by atoms with Gasteiger partial charge >= 0.3 is 0 Å². The van der Waals surface area contributed by atoms with Gasteiger partial charge in [-0.1, -0.05) is 12.1 Å². The molecule has 8 nitrogen and oxygen atoms in total. The van der Waals surface area contributed by atoms with E-state index in [0.717, 1.165) is 17.7 Å². The molecule has 1 fully saturated rings. The molecule has 1 N–H and O–H groups in total. The molecule has 1 aliphatic rings. The second kappa shape index (κ2) is 8.03. The van der Waals surface area contributed by atoms with E-state index in [2.05, 4.69) is 4.72 Å². The molecule has 28 heavy (non-hydrogen) atoms. The van der Waals surface area contributed by atoms with Crippen molar-refractivity contribution >= 4 is 21.6 Å². The van der Waals surface area contributed by atoms with Gasteiger partial charge in [0.2, 0.25) is 15.9 Å². The third-order valence-corrected chi connectivity index (χ3v) is 5.94. The molecular weight excluding hydrogens is 389 g/mol. The lowest BCUT2D eigenvalue weighted by Crippen LogP contribution is -2.31. The number of nitro groups is 1. The van der Waals surface area contributed by atoms with E-state index < -0.39 is 14.9 Å². The van der Waals surface area contributed by atoms with Crippen molar-refractivity contribution in [1.82, 2.24) is 9.62 Å². The highest BCUT2D eigenvalue weighted by Gasteiger charge is 2.30. The number of nitro benzene ring substituents is 1. The van der Waals surface area contributed by atoms with Crippen molar-refractivity contribution in [2.45, 2.75) is 17.9 Å². The molecule has 1 heterocycles. The second-order valence-electron chi connectivity index (χ2n) is 6.57. The summed E-state index contributed by atoms with van der Waals surface area (Å²) in [4.78, 5) is 23.7. The maximum absolute atomic E-state index is 13.0. The number of nitrogens with zero attached hydrogens (tertiary/aromatic N) is 2. The molecule has 10 heteroatoms. The Hall–Kier alpha value is -2.85. The van der Waals surface area contributed by atoms with Crippen LogP contribution in [-0.4, -0.2) is 37.2 Å². The summed E-state index contributed by atoms with van der Waals surface area (Å²) in [7, 11) is -3.83. The van der Waals surface area contributed by atoms with E-state index in [9.17, 15) is 27.7 Å². The van der Waals surface area contributed by atoms with Gasteiger partial charge in [0.1, 0.15) is 5.82 Å². The van der Waals surface area contributed by atoms with E-state index in [1.165, 1.54) is 24.3 Å². The standard InChI is InChI=1S/C18H18FN3O5S/c19-15-3-1-13(2-4-15)11-21-12-14(9-18(21)23)10-20-28(26,27)17-7-5-16(6-8-17)22(24)25/h1-8,14,20H,9-12H2. The Morgan fingerprint density at radius 3 is 2.39 bits per heavy atom. The number of hydrogen-bond donors (Lipinski definition) is 1. The molecule has 1 aliphatic heterocycles. The van der Waals surface area contributed by atoms with Gasteiger partial charge in [-0.15, -0.1) is 0 Å². The largest absolute Gasteiger partial charge is 0.338 e. The van der Waals surface area contributed by atoms with Gasteiger partial charge < -0.3 is 4.90 Å². The number of nitrogens with one attached hydrogen (secondary N) is 1. The molecule has 0 spiro atoms. The molecule has 0 aromatic heterocycles. The van der Waals surface area contributed by atoms with E-state index in [1.807, 2.05) is 0 Å². The molecule has 2 aromatic rings. The van der Waals surface area contributed by atoms with Crippen LogP contribution in [0.15, 0.2) is 53.4 Å². The first-order chi connectivity index (χ1) is 13.2. The fourth-order valence-corrected chi connectivity index (χ4v) is 4.13. The average molecular weight is 407 g/mol. The summed E-state index contributed by atoms with van der Waals surface area (Å²) in [5.74, 6) is -0.639. The minimum atomic E-state index is -3.83. The van der Waals surface area contributed by atoms with Crippen LogP contribution in [0.1, 0.15) is 12.0 Å². The highest BCUT2D eigenvalue weighted by atomic mass is 32.2. The molecule has 1 saturated heterocycles. The van der Waals surface area contributed by atoms with E-state index in [1.54, 1.807) is 17.0 Å². The zero-order chi connectivity index (χ0) is 20.3. The summed E-state index contributed by atoms with van der Waals surface area (Å²) in [5, 5.41) is 10.7. The zero-order valence-electron chi connectivity index (χ0n) is 14.7. The van der Waals surface area contributed by atoms with Crippen LogP contribution in [0.25, 0.3) is 0 Å². The Morgan fingerprint density at radius 1 is 1.14 bits per heavy atom. The van der Waals surface area contributed by atoms with E-state index in [4.69, 9.17) is 0 Å². The van der Waals surface area contributed by atoms with Crippen LogP contribution in [0, 0.1) is 21.8 Å². The van der Waals surface area contributed by atoms with Crippen molar-refractivity contribution in [2.75, 3.05) is 13.1 Å². The van der Waals surface area contributed by atoms with Gasteiger partial charge in [-0.25, -0.2) is 17.5 Å². The maximum atomic E-state index is 13.0. The Morgan fingerprint density at radius 2 is 1.79 bits per heavy atom. The molecule has 0 saturated carbocycles. The summed E-state index contributed by atoms with van der Waals surface area (Å²) < 4.78 is 40.1. The second-order valence-corrected chi connectivity index (χ2v) is 8.34. The number of sulfonamides is 1. The van der Waals surface area contributed by atoms with Crippen molar-refractivity contribution in [3.05, 3.63) is 70.0 Å². The van der Waals surface area contributed by atoms with Gasteiger partial charge in [-0.3, -0.25) is 14.9 Å². The Bertz CT molecular complexity index is 977. The number of rotatable bonds is 7. The Labute approximate surface area is 161 Å². The Kier molecular flexibility index (Phi) is 5.71. The molecule has 0 bridgehead atoms. The van der Waals surface area contributed by atoms with Crippen LogP contribution >= 0.6 is 0 Å². The van der Waals surface area contributed by atoms with Gasteiger partial charge in [0, 0.05) is 38.2 Å². The summed E-state index contributed by atoms with van der Waals surface area (Å²) in [6.45, 7) is 0.800. The first-order valence-corrected chi connectivity index (χ1v) is 9.99. The first-order valence-electron chi connectivity index (χ1n) is 8.51. The third-order valence-electron chi connectivity index (χ3n) is 4.50.